The number of amides is 1. The lowest BCUT2D eigenvalue weighted by atomic mass is 10.1. The van der Waals surface area contributed by atoms with E-state index in [1.807, 2.05) is 6.92 Å². The third kappa shape index (κ3) is 3.52. The van der Waals surface area contributed by atoms with E-state index < -0.39 is 29.3 Å². The molecule has 2 rings (SSSR count). The number of carbonyl (C=O) groups is 2. The van der Waals surface area contributed by atoms with Gasteiger partial charge in [0.05, 0.1) is 13.3 Å². The summed E-state index contributed by atoms with van der Waals surface area (Å²) < 4.78 is 11.1. The third-order valence-corrected chi connectivity index (χ3v) is 3.46. The number of fused-ring (bicyclic) bond motifs is 1. The van der Waals surface area contributed by atoms with Crippen LogP contribution in [0.15, 0.2) is 11.0 Å². The fourth-order valence-electron chi connectivity index (χ4n) is 2.53. The van der Waals surface area contributed by atoms with Crippen LogP contribution in [0.4, 0.5) is 10.5 Å². The van der Waals surface area contributed by atoms with Crippen molar-refractivity contribution in [1.82, 2.24) is 9.55 Å². The van der Waals surface area contributed by atoms with Crippen molar-refractivity contribution in [3.8, 4) is 0 Å². The van der Waals surface area contributed by atoms with E-state index in [1.54, 1.807) is 20.8 Å². The third-order valence-electron chi connectivity index (χ3n) is 3.46. The summed E-state index contributed by atoms with van der Waals surface area (Å²) in [5, 5.41) is 2.38. The van der Waals surface area contributed by atoms with E-state index in [2.05, 4.69) is 10.3 Å². The standard InChI is InChI=1S/C15H21N3O5/c1-8-6-10(13(20)22-5)18-11(8)16-7-9(12(18)19)17-14(21)23-15(2,3)4/h7-8,10H,6H2,1-5H3,(H,17,21)/t8-,10-/m0/s1. The molecule has 0 bridgehead atoms. The smallest absolute Gasteiger partial charge is 0.412 e. The Kier molecular flexibility index (Phi) is 4.44. The van der Waals surface area contributed by atoms with Crippen molar-refractivity contribution < 1.29 is 19.1 Å². The van der Waals surface area contributed by atoms with Crippen molar-refractivity contribution in [3.05, 3.63) is 22.4 Å². The Morgan fingerprint density at radius 1 is 1.39 bits per heavy atom. The number of esters is 1. The van der Waals surface area contributed by atoms with E-state index in [4.69, 9.17) is 9.47 Å². The highest BCUT2D eigenvalue weighted by atomic mass is 16.6. The van der Waals surface area contributed by atoms with Gasteiger partial charge in [0, 0.05) is 5.92 Å². The molecule has 0 saturated carbocycles. The summed E-state index contributed by atoms with van der Waals surface area (Å²) in [6.45, 7) is 7.03. The monoisotopic (exact) mass is 323 g/mol. The summed E-state index contributed by atoms with van der Waals surface area (Å²) in [5.41, 5.74) is -1.22. The number of rotatable bonds is 2. The van der Waals surface area contributed by atoms with Crippen LogP contribution in [0.1, 0.15) is 51.9 Å². The second-order valence-corrected chi connectivity index (χ2v) is 6.51. The summed E-state index contributed by atoms with van der Waals surface area (Å²) in [6, 6.07) is -0.731. The molecule has 0 radical (unpaired) electrons. The second-order valence-electron chi connectivity index (χ2n) is 6.51. The number of methoxy groups -OCH3 is 1. The van der Waals surface area contributed by atoms with E-state index in [-0.39, 0.29) is 11.6 Å². The van der Waals surface area contributed by atoms with Gasteiger partial charge in [-0.15, -0.1) is 0 Å². The first kappa shape index (κ1) is 17.0. The lowest BCUT2D eigenvalue weighted by molar-refractivity contribution is -0.144. The summed E-state index contributed by atoms with van der Waals surface area (Å²) in [6.07, 6.45) is 0.969. The van der Waals surface area contributed by atoms with Crippen LogP contribution in [-0.2, 0) is 14.3 Å². The molecule has 126 valence electrons. The Morgan fingerprint density at radius 2 is 2.04 bits per heavy atom. The number of nitrogens with zero attached hydrogens (tertiary/aromatic N) is 2. The van der Waals surface area contributed by atoms with E-state index in [0.29, 0.717) is 12.2 Å². The highest BCUT2D eigenvalue weighted by Crippen LogP contribution is 2.33. The van der Waals surface area contributed by atoms with Gasteiger partial charge in [0.15, 0.2) is 0 Å². The molecule has 1 aromatic heterocycles. The van der Waals surface area contributed by atoms with Gasteiger partial charge in [0.25, 0.3) is 5.56 Å². The maximum Gasteiger partial charge on any atom is 0.412 e. The molecule has 23 heavy (non-hydrogen) atoms. The van der Waals surface area contributed by atoms with E-state index in [9.17, 15) is 14.4 Å². The number of ether oxygens (including phenoxy) is 2. The minimum Gasteiger partial charge on any atom is -0.467 e. The fraction of sp³-hybridized carbons (Fsp3) is 0.600. The fourth-order valence-corrected chi connectivity index (χ4v) is 2.53. The molecule has 0 aliphatic carbocycles. The molecule has 0 aromatic carbocycles. The number of aromatic nitrogens is 2. The Morgan fingerprint density at radius 3 is 2.61 bits per heavy atom. The first-order valence-electron chi connectivity index (χ1n) is 7.33. The van der Waals surface area contributed by atoms with Crippen LogP contribution in [0.25, 0.3) is 0 Å². The molecule has 0 unspecified atom stereocenters. The normalized spacial score (nSPS) is 19.9. The molecule has 1 aliphatic rings. The Labute approximate surface area is 133 Å². The molecule has 0 fully saturated rings. The molecule has 0 spiro atoms. The highest BCUT2D eigenvalue weighted by Gasteiger charge is 2.36. The number of nitrogens with one attached hydrogen (secondary N) is 1. The Balaban J connectivity index is 2.34. The summed E-state index contributed by atoms with van der Waals surface area (Å²) in [7, 11) is 1.27. The molecule has 2 heterocycles. The van der Waals surface area contributed by atoms with Gasteiger partial charge in [0.2, 0.25) is 0 Å². The van der Waals surface area contributed by atoms with Crippen LogP contribution < -0.4 is 10.9 Å². The van der Waals surface area contributed by atoms with Crippen LogP contribution in [0.2, 0.25) is 0 Å². The van der Waals surface area contributed by atoms with E-state index in [1.165, 1.54) is 17.9 Å². The quantitative estimate of drug-likeness (QED) is 0.833. The van der Waals surface area contributed by atoms with Gasteiger partial charge >= 0.3 is 12.1 Å². The molecular weight excluding hydrogens is 302 g/mol. The molecule has 1 aliphatic heterocycles. The van der Waals surface area contributed by atoms with Crippen molar-refractivity contribution in [2.75, 3.05) is 12.4 Å². The Bertz CT molecular complexity index is 689. The van der Waals surface area contributed by atoms with Gasteiger partial charge in [-0.05, 0) is 27.2 Å². The zero-order valence-corrected chi connectivity index (χ0v) is 13.9. The average Bonchev–Trinajstić information content (AvgIpc) is 2.77. The summed E-state index contributed by atoms with van der Waals surface area (Å²) in [4.78, 5) is 40.5. The lowest BCUT2D eigenvalue weighted by Gasteiger charge is -2.20. The van der Waals surface area contributed by atoms with Crippen molar-refractivity contribution >= 4 is 17.7 Å². The maximum atomic E-state index is 12.6. The molecule has 1 aromatic rings. The van der Waals surface area contributed by atoms with Gasteiger partial charge in [-0.25, -0.2) is 14.6 Å². The van der Waals surface area contributed by atoms with Gasteiger partial charge in [-0.2, -0.15) is 0 Å². The molecule has 2 atom stereocenters. The molecule has 8 nitrogen and oxygen atoms in total. The predicted octanol–water partition coefficient (Wildman–Crippen LogP) is 1.81. The minimum absolute atomic E-state index is 0.0361. The van der Waals surface area contributed by atoms with E-state index >= 15 is 0 Å². The van der Waals surface area contributed by atoms with Gasteiger partial charge in [0.1, 0.15) is 23.2 Å². The number of carbonyl (C=O) groups excluding carboxylic acids is 2. The van der Waals surface area contributed by atoms with Crippen LogP contribution >= 0.6 is 0 Å². The van der Waals surface area contributed by atoms with Crippen molar-refractivity contribution in [2.24, 2.45) is 0 Å². The lowest BCUT2D eigenvalue weighted by Crippen LogP contribution is -2.33. The van der Waals surface area contributed by atoms with Crippen LogP contribution in [-0.4, -0.2) is 34.3 Å². The van der Waals surface area contributed by atoms with Crippen molar-refractivity contribution in [3.63, 3.8) is 0 Å². The average molecular weight is 323 g/mol. The minimum atomic E-state index is -0.752. The van der Waals surface area contributed by atoms with Gasteiger partial charge < -0.3 is 9.47 Å². The number of anilines is 1. The second kappa shape index (κ2) is 6.02. The molecule has 8 heteroatoms. The van der Waals surface area contributed by atoms with Crippen molar-refractivity contribution in [2.45, 2.75) is 51.7 Å². The molecular formula is C15H21N3O5. The first-order chi connectivity index (χ1) is 10.6. The van der Waals surface area contributed by atoms with Gasteiger partial charge in [-0.3, -0.25) is 14.7 Å². The molecule has 1 amide bonds. The largest absolute Gasteiger partial charge is 0.467 e. The highest BCUT2D eigenvalue weighted by molar-refractivity contribution is 5.84. The van der Waals surface area contributed by atoms with Crippen molar-refractivity contribution in [1.29, 1.82) is 0 Å². The maximum absolute atomic E-state index is 12.6. The molecule has 0 saturated heterocycles. The van der Waals surface area contributed by atoms with Crippen LogP contribution in [0, 0.1) is 0 Å². The summed E-state index contributed by atoms with van der Waals surface area (Å²) >= 11 is 0. The summed E-state index contributed by atoms with van der Waals surface area (Å²) in [5.74, 6) is -0.0589. The first-order valence-corrected chi connectivity index (χ1v) is 7.33. The van der Waals surface area contributed by atoms with Gasteiger partial charge in [-0.1, -0.05) is 6.92 Å². The predicted molar refractivity (Wildman–Crippen MR) is 82.4 cm³/mol. The zero-order valence-electron chi connectivity index (χ0n) is 13.9. The molecule has 1 N–H and O–H groups in total. The van der Waals surface area contributed by atoms with Crippen LogP contribution in [0.5, 0.6) is 0 Å². The number of hydrogen-bond donors (Lipinski definition) is 1. The topological polar surface area (TPSA) is 99.5 Å². The number of hydrogen-bond acceptors (Lipinski definition) is 6. The van der Waals surface area contributed by atoms with E-state index in [0.717, 1.165) is 0 Å². The zero-order chi connectivity index (χ0) is 17.4. The van der Waals surface area contributed by atoms with Crippen LogP contribution in [0.3, 0.4) is 0 Å². The SMILES string of the molecule is COC(=O)[C@@H]1C[C@H](C)c2ncc(NC(=O)OC(C)(C)C)c(=O)n21. The Hall–Kier alpha value is -2.38.